The van der Waals surface area contributed by atoms with Crippen LogP contribution in [-0.2, 0) is 0 Å². The van der Waals surface area contributed by atoms with Gasteiger partial charge in [-0.15, -0.1) is 0 Å². The van der Waals surface area contributed by atoms with Crippen molar-refractivity contribution in [3.05, 3.63) is 68.0 Å². The van der Waals surface area contributed by atoms with Crippen LogP contribution in [0.3, 0.4) is 0 Å². The fourth-order valence-corrected chi connectivity index (χ4v) is 2.44. The number of non-ortho nitro benzene ring substituents is 1. The second-order valence-electron chi connectivity index (χ2n) is 4.67. The van der Waals surface area contributed by atoms with Crippen LogP contribution >= 0.6 is 11.6 Å². The third-order valence-corrected chi connectivity index (χ3v) is 3.55. The molecule has 0 amide bonds. The summed E-state index contributed by atoms with van der Waals surface area (Å²) in [7, 11) is 0. The normalized spacial score (nSPS) is 10.8. The lowest BCUT2D eigenvalue weighted by Gasteiger charge is -2.08. The molecule has 0 radical (unpaired) electrons. The Hall–Kier alpha value is -2.86. The van der Waals surface area contributed by atoms with Gasteiger partial charge in [-0.25, -0.2) is 0 Å². The Balaban J connectivity index is 2.24. The van der Waals surface area contributed by atoms with Gasteiger partial charge < -0.3 is 10.1 Å². The van der Waals surface area contributed by atoms with Crippen molar-refractivity contribution >= 4 is 28.2 Å². The molecule has 2 aromatic carbocycles. The third kappa shape index (κ3) is 2.29. The minimum Gasteiger partial charge on any atom is -0.506 e. The average Bonchev–Trinajstić information content (AvgIpc) is 2.47. The van der Waals surface area contributed by atoms with Gasteiger partial charge in [-0.2, -0.15) is 0 Å². The molecule has 1 heterocycles. The predicted octanol–water partition coefficient (Wildman–Crippen LogP) is 3.46. The van der Waals surface area contributed by atoms with Crippen molar-refractivity contribution in [1.82, 2.24) is 4.98 Å². The fraction of sp³-hybridized carbons (Fsp3) is 0. The molecular formula is C15H9ClN2O4. The molecule has 0 aliphatic heterocycles. The van der Waals surface area contributed by atoms with Gasteiger partial charge in [-0.05, 0) is 35.9 Å². The van der Waals surface area contributed by atoms with Crippen molar-refractivity contribution in [2.75, 3.05) is 0 Å². The first-order valence-corrected chi connectivity index (χ1v) is 6.64. The Morgan fingerprint density at radius 1 is 1.14 bits per heavy atom. The molecule has 7 heteroatoms. The van der Waals surface area contributed by atoms with E-state index in [0.29, 0.717) is 21.5 Å². The van der Waals surface area contributed by atoms with Crippen LogP contribution in [0.5, 0.6) is 5.75 Å². The lowest BCUT2D eigenvalue weighted by molar-refractivity contribution is -0.384. The summed E-state index contributed by atoms with van der Waals surface area (Å²) in [4.78, 5) is 25.0. The number of rotatable bonds is 2. The van der Waals surface area contributed by atoms with E-state index in [9.17, 15) is 20.0 Å². The SMILES string of the molecule is O=c1[nH]c2cc(Cl)ccc2c(O)c1-c1ccc([N+](=O)[O-])cc1. The van der Waals surface area contributed by atoms with Crippen molar-refractivity contribution in [1.29, 1.82) is 0 Å². The Bertz CT molecular complexity index is 948. The number of aromatic hydroxyl groups is 1. The van der Waals surface area contributed by atoms with Crippen LogP contribution in [0.1, 0.15) is 0 Å². The number of halogens is 1. The first-order chi connectivity index (χ1) is 10.5. The number of nitrogens with one attached hydrogen (secondary N) is 1. The van der Waals surface area contributed by atoms with Gasteiger partial charge in [0.1, 0.15) is 5.75 Å². The van der Waals surface area contributed by atoms with Gasteiger partial charge in [0.05, 0.1) is 16.0 Å². The van der Waals surface area contributed by atoms with Crippen molar-refractivity contribution in [3.8, 4) is 16.9 Å². The van der Waals surface area contributed by atoms with E-state index in [-0.39, 0.29) is 17.0 Å². The molecule has 6 nitrogen and oxygen atoms in total. The van der Waals surface area contributed by atoms with Gasteiger partial charge in [0, 0.05) is 22.5 Å². The highest BCUT2D eigenvalue weighted by atomic mass is 35.5. The monoisotopic (exact) mass is 316 g/mol. The molecule has 0 unspecified atom stereocenters. The first kappa shape index (κ1) is 14.1. The lowest BCUT2D eigenvalue weighted by Crippen LogP contribution is -2.09. The highest BCUT2D eigenvalue weighted by Gasteiger charge is 2.15. The highest BCUT2D eigenvalue weighted by Crippen LogP contribution is 2.33. The van der Waals surface area contributed by atoms with E-state index in [4.69, 9.17) is 11.6 Å². The lowest BCUT2D eigenvalue weighted by atomic mass is 10.0. The molecule has 1 aromatic heterocycles. The minimum absolute atomic E-state index is 0.0599. The number of fused-ring (bicyclic) bond motifs is 1. The van der Waals surface area contributed by atoms with Gasteiger partial charge in [0.25, 0.3) is 11.2 Å². The molecule has 0 bridgehead atoms. The van der Waals surface area contributed by atoms with E-state index in [0.717, 1.165) is 0 Å². The highest BCUT2D eigenvalue weighted by molar-refractivity contribution is 6.31. The maximum absolute atomic E-state index is 12.2. The molecule has 0 fully saturated rings. The molecule has 0 spiro atoms. The molecular weight excluding hydrogens is 308 g/mol. The molecule has 0 aliphatic carbocycles. The van der Waals surface area contributed by atoms with Crippen molar-refractivity contribution in [2.24, 2.45) is 0 Å². The molecule has 0 aliphatic rings. The smallest absolute Gasteiger partial charge is 0.269 e. The van der Waals surface area contributed by atoms with Gasteiger partial charge in [0.2, 0.25) is 0 Å². The fourth-order valence-electron chi connectivity index (χ4n) is 2.27. The van der Waals surface area contributed by atoms with E-state index >= 15 is 0 Å². The topological polar surface area (TPSA) is 96.2 Å². The maximum atomic E-state index is 12.2. The molecule has 110 valence electrons. The summed E-state index contributed by atoms with van der Waals surface area (Å²) in [6, 6.07) is 10.1. The number of pyridine rings is 1. The summed E-state index contributed by atoms with van der Waals surface area (Å²) < 4.78 is 0. The van der Waals surface area contributed by atoms with Crippen LogP contribution in [-0.4, -0.2) is 15.0 Å². The Morgan fingerprint density at radius 3 is 2.45 bits per heavy atom. The second kappa shape index (κ2) is 5.16. The van der Waals surface area contributed by atoms with E-state index < -0.39 is 10.5 Å². The zero-order valence-corrected chi connectivity index (χ0v) is 11.8. The van der Waals surface area contributed by atoms with Gasteiger partial charge >= 0.3 is 0 Å². The van der Waals surface area contributed by atoms with E-state index in [1.54, 1.807) is 12.1 Å². The van der Waals surface area contributed by atoms with Crippen molar-refractivity contribution < 1.29 is 10.0 Å². The molecule has 0 saturated carbocycles. The van der Waals surface area contributed by atoms with Crippen LogP contribution in [0.2, 0.25) is 5.02 Å². The number of nitrogens with zero attached hydrogens (tertiary/aromatic N) is 1. The Kier molecular flexibility index (Phi) is 3.30. The zero-order valence-electron chi connectivity index (χ0n) is 11.0. The second-order valence-corrected chi connectivity index (χ2v) is 5.11. The minimum atomic E-state index is -0.531. The standard InChI is InChI=1S/C15H9ClN2O4/c16-9-3-6-11-12(7-9)17-15(20)13(14(11)19)8-1-4-10(5-2-8)18(21)22/h1-7H,(H2,17,19,20). The van der Waals surface area contributed by atoms with Crippen LogP contribution < -0.4 is 5.56 Å². The van der Waals surface area contributed by atoms with E-state index in [2.05, 4.69) is 4.98 Å². The average molecular weight is 317 g/mol. The number of benzene rings is 2. The number of hydrogen-bond acceptors (Lipinski definition) is 4. The summed E-state index contributed by atoms with van der Waals surface area (Å²) in [6.07, 6.45) is 0. The number of nitro benzene ring substituents is 1. The summed E-state index contributed by atoms with van der Waals surface area (Å²) in [5.74, 6) is -0.190. The van der Waals surface area contributed by atoms with Crippen LogP contribution in [0.4, 0.5) is 5.69 Å². The third-order valence-electron chi connectivity index (χ3n) is 3.32. The number of nitro groups is 1. The van der Waals surface area contributed by atoms with Gasteiger partial charge in [-0.1, -0.05) is 11.6 Å². The van der Waals surface area contributed by atoms with Crippen molar-refractivity contribution in [2.45, 2.75) is 0 Å². The Labute approximate surface area is 128 Å². The summed E-state index contributed by atoms with van der Waals surface area (Å²) in [6.45, 7) is 0. The molecule has 0 atom stereocenters. The van der Waals surface area contributed by atoms with Crippen LogP contribution in [0.15, 0.2) is 47.3 Å². The summed E-state index contributed by atoms with van der Waals surface area (Å²) >= 11 is 5.86. The van der Waals surface area contributed by atoms with Crippen LogP contribution in [0, 0.1) is 10.1 Å². The van der Waals surface area contributed by atoms with Crippen LogP contribution in [0.25, 0.3) is 22.0 Å². The van der Waals surface area contributed by atoms with E-state index in [1.807, 2.05) is 0 Å². The van der Waals surface area contributed by atoms with E-state index in [1.165, 1.54) is 30.3 Å². The molecule has 0 saturated heterocycles. The quantitative estimate of drug-likeness (QED) is 0.559. The largest absolute Gasteiger partial charge is 0.506 e. The number of hydrogen-bond donors (Lipinski definition) is 2. The number of aromatic amines is 1. The molecule has 3 aromatic rings. The molecule has 22 heavy (non-hydrogen) atoms. The first-order valence-electron chi connectivity index (χ1n) is 6.26. The van der Waals surface area contributed by atoms with Gasteiger partial charge in [-0.3, -0.25) is 14.9 Å². The Morgan fingerprint density at radius 2 is 1.82 bits per heavy atom. The number of aromatic nitrogens is 1. The van der Waals surface area contributed by atoms with Gasteiger partial charge in [0.15, 0.2) is 0 Å². The molecule has 3 rings (SSSR count). The predicted molar refractivity (Wildman–Crippen MR) is 83.3 cm³/mol. The maximum Gasteiger partial charge on any atom is 0.269 e. The van der Waals surface area contributed by atoms with Crippen molar-refractivity contribution in [3.63, 3.8) is 0 Å². The summed E-state index contributed by atoms with van der Waals surface area (Å²) in [5.41, 5.74) is 0.278. The molecule has 2 N–H and O–H groups in total. The summed E-state index contributed by atoms with van der Waals surface area (Å²) in [5, 5.41) is 21.9. The number of H-pyrrole nitrogens is 1. The zero-order chi connectivity index (χ0) is 15.9.